The van der Waals surface area contributed by atoms with Gasteiger partial charge in [0.1, 0.15) is 17.2 Å². The van der Waals surface area contributed by atoms with E-state index in [0.717, 1.165) is 11.1 Å². The zero-order valence-corrected chi connectivity index (χ0v) is 23.3. The largest absolute Gasteiger partial charge is 0.458 e. The van der Waals surface area contributed by atoms with Crippen molar-refractivity contribution in [2.24, 2.45) is 0 Å². The fourth-order valence-electron chi connectivity index (χ4n) is 3.77. The number of anilines is 1. The summed E-state index contributed by atoms with van der Waals surface area (Å²) >= 11 is 0. The molecule has 1 aliphatic heterocycles. The SMILES string of the molecule is CC(C)(C)OC(=O)NCc1ccc(N2CC(C(=O)N[C@H](Cc3ccccc3)C(=O)OC(C)(C)C)OC2=O)cc1. The molecule has 0 aromatic heterocycles. The van der Waals surface area contributed by atoms with Gasteiger partial charge in [-0.05, 0) is 64.8 Å². The minimum absolute atomic E-state index is 0.0213. The fourth-order valence-corrected chi connectivity index (χ4v) is 3.77. The van der Waals surface area contributed by atoms with Gasteiger partial charge in [-0.3, -0.25) is 9.69 Å². The second-order valence-electron chi connectivity index (χ2n) is 11.3. The van der Waals surface area contributed by atoms with Crippen LogP contribution in [0, 0.1) is 0 Å². The topological polar surface area (TPSA) is 123 Å². The van der Waals surface area contributed by atoms with E-state index in [0.29, 0.717) is 5.69 Å². The van der Waals surface area contributed by atoms with Crippen molar-refractivity contribution in [1.29, 1.82) is 0 Å². The highest BCUT2D eigenvalue weighted by Crippen LogP contribution is 2.23. The number of hydrogen-bond donors (Lipinski definition) is 2. The average Bonchev–Trinajstić information content (AvgIpc) is 3.23. The molecule has 10 nitrogen and oxygen atoms in total. The van der Waals surface area contributed by atoms with Gasteiger partial charge in [0.25, 0.3) is 5.91 Å². The third-order valence-electron chi connectivity index (χ3n) is 5.48. The molecule has 3 rings (SSSR count). The molecule has 0 spiro atoms. The van der Waals surface area contributed by atoms with Gasteiger partial charge in [0.05, 0.1) is 6.54 Å². The number of benzene rings is 2. The Labute approximate surface area is 229 Å². The number of hydrogen-bond acceptors (Lipinski definition) is 7. The molecule has 1 saturated heterocycles. The lowest BCUT2D eigenvalue weighted by molar-refractivity contribution is -0.159. The molecule has 10 heteroatoms. The highest BCUT2D eigenvalue weighted by molar-refractivity contribution is 5.96. The first-order valence-electron chi connectivity index (χ1n) is 12.8. The van der Waals surface area contributed by atoms with Crippen molar-refractivity contribution < 1.29 is 33.4 Å². The van der Waals surface area contributed by atoms with Crippen molar-refractivity contribution in [3.05, 3.63) is 65.7 Å². The molecular weight excluding hydrogens is 502 g/mol. The highest BCUT2D eigenvalue weighted by Gasteiger charge is 2.39. The van der Waals surface area contributed by atoms with Crippen molar-refractivity contribution in [2.45, 2.75) is 77.9 Å². The molecule has 0 radical (unpaired) electrons. The van der Waals surface area contributed by atoms with Crippen LogP contribution in [0.3, 0.4) is 0 Å². The molecule has 1 fully saturated rings. The Morgan fingerprint density at radius 2 is 1.54 bits per heavy atom. The summed E-state index contributed by atoms with van der Waals surface area (Å²) in [4.78, 5) is 51.7. The number of alkyl carbamates (subject to hydrolysis) is 1. The molecule has 0 aliphatic carbocycles. The van der Waals surface area contributed by atoms with E-state index < -0.39 is 47.4 Å². The Balaban J connectivity index is 1.62. The number of nitrogens with one attached hydrogen (secondary N) is 2. The van der Waals surface area contributed by atoms with E-state index in [1.807, 2.05) is 30.3 Å². The molecule has 1 unspecified atom stereocenters. The van der Waals surface area contributed by atoms with Gasteiger partial charge in [0.15, 0.2) is 6.10 Å². The molecule has 2 aromatic rings. The summed E-state index contributed by atoms with van der Waals surface area (Å²) in [6, 6.07) is 15.2. The van der Waals surface area contributed by atoms with Crippen LogP contribution in [-0.2, 0) is 36.8 Å². The summed E-state index contributed by atoms with van der Waals surface area (Å²) in [6.45, 7) is 10.8. The van der Waals surface area contributed by atoms with E-state index >= 15 is 0 Å². The summed E-state index contributed by atoms with van der Waals surface area (Å²) in [5, 5.41) is 5.38. The Hall–Kier alpha value is -4.08. The predicted molar refractivity (Wildman–Crippen MR) is 145 cm³/mol. The predicted octanol–water partition coefficient (Wildman–Crippen LogP) is 4.11. The maximum Gasteiger partial charge on any atom is 0.415 e. The number of carbonyl (C=O) groups excluding carboxylic acids is 4. The van der Waals surface area contributed by atoms with E-state index in [1.165, 1.54) is 4.90 Å². The highest BCUT2D eigenvalue weighted by atomic mass is 16.6. The van der Waals surface area contributed by atoms with E-state index in [9.17, 15) is 19.2 Å². The maximum absolute atomic E-state index is 13.1. The minimum atomic E-state index is -1.10. The maximum atomic E-state index is 13.1. The van der Waals surface area contributed by atoms with Gasteiger partial charge >= 0.3 is 18.2 Å². The standard InChI is InChI=1S/C29H37N3O7/c1-28(2,3)38-25(34)22(16-19-10-8-7-9-11-19)31-24(33)23-18-32(27(36)37-23)21-14-12-20(13-15-21)17-30-26(35)39-29(4,5)6/h7-15,22-23H,16-18H2,1-6H3,(H,30,35)(H,31,33)/t22-,23?/m1/s1. The van der Waals surface area contributed by atoms with Gasteiger partial charge in [-0.2, -0.15) is 0 Å². The lowest BCUT2D eigenvalue weighted by Gasteiger charge is -2.25. The third kappa shape index (κ3) is 9.31. The molecule has 3 amide bonds. The van der Waals surface area contributed by atoms with Crippen LogP contribution < -0.4 is 15.5 Å². The third-order valence-corrected chi connectivity index (χ3v) is 5.48. The minimum Gasteiger partial charge on any atom is -0.458 e. The Morgan fingerprint density at radius 1 is 0.923 bits per heavy atom. The van der Waals surface area contributed by atoms with Gasteiger partial charge in [-0.15, -0.1) is 0 Å². The van der Waals surface area contributed by atoms with Crippen molar-refractivity contribution in [1.82, 2.24) is 10.6 Å². The average molecular weight is 540 g/mol. The number of ether oxygens (including phenoxy) is 3. The number of nitrogens with zero attached hydrogens (tertiary/aromatic N) is 1. The van der Waals surface area contributed by atoms with Gasteiger partial charge in [-0.25, -0.2) is 14.4 Å². The number of amides is 3. The van der Waals surface area contributed by atoms with Gasteiger partial charge in [0.2, 0.25) is 0 Å². The lowest BCUT2D eigenvalue weighted by atomic mass is 10.1. The number of rotatable bonds is 8. The van der Waals surface area contributed by atoms with Crippen molar-refractivity contribution >= 4 is 29.8 Å². The normalized spacial score (nSPS) is 16.2. The molecule has 2 aromatic carbocycles. The molecular formula is C29H37N3O7. The first-order chi connectivity index (χ1) is 18.2. The summed E-state index contributed by atoms with van der Waals surface area (Å²) in [5.74, 6) is -1.16. The van der Waals surface area contributed by atoms with Gasteiger partial charge in [-0.1, -0.05) is 42.5 Å². The molecule has 1 aliphatic rings. The quantitative estimate of drug-likeness (QED) is 0.382. The van der Waals surface area contributed by atoms with Crippen molar-refractivity contribution in [3.8, 4) is 0 Å². The first-order valence-corrected chi connectivity index (χ1v) is 12.8. The van der Waals surface area contributed by atoms with Crippen molar-refractivity contribution in [3.63, 3.8) is 0 Å². The van der Waals surface area contributed by atoms with Crippen LogP contribution in [0.4, 0.5) is 15.3 Å². The molecule has 2 N–H and O–H groups in total. The van der Waals surface area contributed by atoms with Gasteiger partial charge in [0, 0.05) is 18.7 Å². The molecule has 0 bridgehead atoms. The second-order valence-corrected chi connectivity index (χ2v) is 11.3. The number of esters is 1. The Morgan fingerprint density at radius 3 is 2.13 bits per heavy atom. The molecule has 39 heavy (non-hydrogen) atoms. The fraction of sp³-hybridized carbons (Fsp3) is 0.448. The van der Waals surface area contributed by atoms with E-state index in [4.69, 9.17) is 14.2 Å². The number of cyclic esters (lactones) is 1. The zero-order chi connectivity index (χ0) is 28.8. The van der Waals surface area contributed by atoms with Gasteiger partial charge < -0.3 is 24.8 Å². The first kappa shape index (κ1) is 29.5. The zero-order valence-electron chi connectivity index (χ0n) is 23.3. The monoisotopic (exact) mass is 539 g/mol. The second kappa shape index (κ2) is 12.2. The Bertz CT molecular complexity index is 1170. The van der Waals surface area contributed by atoms with Crippen LogP contribution in [0.15, 0.2) is 54.6 Å². The van der Waals surface area contributed by atoms with Crippen LogP contribution in [0.1, 0.15) is 52.7 Å². The molecule has 2 atom stereocenters. The van der Waals surface area contributed by atoms with Crippen LogP contribution in [0.5, 0.6) is 0 Å². The molecule has 210 valence electrons. The van der Waals surface area contributed by atoms with E-state index in [-0.39, 0.29) is 19.5 Å². The van der Waals surface area contributed by atoms with Crippen LogP contribution >= 0.6 is 0 Å². The Kier molecular flexibility index (Phi) is 9.21. The van der Waals surface area contributed by atoms with Crippen LogP contribution in [-0.4, -0.2) is 54.0 Å². The van der Waals surface area contributed by atoms with Crippen LogP contribution in [0.25, 0.3) is 0 Å². The summed E-state index contributed by atoms with van der Waals surface area (Å²) < 4.78 is 16.1. The molecule has 0 saturated carbocycles. The summed E-state index contributed by atoms with van der Waals surface area (Å²) in [5.41, 5.74) is 0.848. The smallest absolute Gasteiger partial charge is 0.415 e. The van der Waals surface area contributed by atoms with E-state index in [2.05, 4.69) is 10.6 Å². The van der Waals surface area contributed by atoms with E-state index in [1.54, 1.807) is 65.8 Å². The summed E-state index contributed by atoms with van der Waals surface area (Å²) in [7, 11) is 0. The van der Waals surface area contributed by atoms with Crippen LogP contribution in [0.2, 0.25) is 0 Å². The lowest BCUT2D eigenvalue weighted by Crippen LogP contribution is -2.49. The summed E-state index contributed by atoms with van der Waals surface area (Å²) in [6.07, 6.45) is -2.08. The number of carbonyl (C=O) groups is 4. The molecule has 1 heterocycles. The van der Waals surface area contributed by atoms with Crippen molar-refractivity contribution in [2.75, 3.05) is 11.4 Å².